The summed E-state index contributed by atoms with van der Waals surface area (Å²) in [5.41, 5.74) is -0.168. The Balaban J connectivity index is 2.22. The van der Waals surface area contributed by atoms with Crippen LogP contribution in [-0.2, 0) is 9.59 Å². The number of carbonyl (C=O) groups is 2. The highest BCUT2D eigenvalue weighted by molar-refractivity contribution is 9.10. The maximum atomic E-state index is 12.6. The third-order valence-electron chi connectivity index (χ3n) is 4.11. The summed E-state index contributed by atoms with van der Waals surface area (Å²) in [5.74, 6) is -1.37. The number of carboxylic acid groups (broad SMARTS) is 1. The molecule has 1 fully saturated rings. The quantitative estimate of drug-likeness (QED) is 0.920. The molecule has 0 aromatic heterocycles. The number of benzene rings is 1. The molecule has 1 amide bonds. The highest BCUT2D eigenvalue weighted by Crippen LogP contribution is 2.32. The van der Waals surface area contributed by atoms with Crippen LogP contribution in [0.2, 0.25) is 0 Å². The molecule has 0 aliphatic carbocycles. The number of carboxylic acids is 1. The summed E-state index contributed by atoms with van der Waals surface area (Å²) >= 11 is 3.36. The molecular formula is C15H18BrNO3. The van der Waals surface area contributed by atoms with Gasteiger partial charge in [0.15, 0.2) is 0 Å². The zero-order valence-electron chi connectivity index (χ0n) is 11.6. The van der Waals surface area contributed by atoms with Gasteiger partial charge in [-0.25, -0.2) is 4.79 Å². The van der Waals surface area contributed by atoms with Crippen molar-refractivity contribution >= 4 is 27.8 Å². The van der Waals surface area contributed by atoms with E-state index in [0.29, 0.717) is 13.0 Å². The molecule has 1 N–H and O–H groups in total. The van der Waals surface area contributed by atoms with E-state index in [-0.39, 0.29) is 11.8 Å². The molecule has 2 rings (SSSR count). The van der Waals surface area contributed by atoms with Crippen LogP contribution in [0, 0.1) is 0 Å². The first-order chi connectivity index (χ1) is 9.36. The van der Waals surface area contributed by atoms with Gasteiger partial charge in [-0.2, -0.15) is 0 Å². The highest BCUT2D eigenvalue weighted by Gasteiger charge is 2.46. The number of likely N-dealkylation sites (tertiary alicyclic amines) is 1. The van der Waals surface area contributed by atoms with Gasteiger partial charge in [0, 0.05) is 11.0 Å². The number of aliphatic carboxylic acids is 1. The molecule has 4 nitrogen and oxygen atoms in total. The number of hydrogen-bond donors (Lipinski definition) is 1. The summed E-state index contributed by atoms with van der Waals surface area (Å²) in [7, 11) is 0. The molecule has 2 atom stereocenters. The van der Waals surface area contributed by atoms with Crippen molar-refractivity contribution in [3.05, 3.63) is 34.3 Å². The van der Waals surface area contributed by atoms with E-state index >= 15 is 0 Å². The average Bonchev–Trinajstić information content (AvgIpc) is 2.81. The summed E-state index contributed by atoms with van der Waals surface area (Å²) in [6, 6.07) is 7.56. The number of hydrogen-bond acceptors (Lipinski definition) is 2. The van der Waals surface area contributed by atoms with Gasteiger partial charge in [0.1, 0.15) is 5.54 Å². The number of carbonyl (C=O) groups excluding carboxylic acids is 1. The molecule has 5 heteroatoms. The lowest BCUT2D eigenvalue weighted by atomic mass is 9.95. The van der Waals surface area contributed by atoms with Crippen molar-refractivity contribution in [2.75, 3.05) is 6.54 Å². The van der Waals surface area contributed by atoms with Crippen LogP contribution in [0.5, 0.6) is 0 Å². The zero-order valence-corrected chi connectivity index (χ0v) is 13.2. The molecular weight excluding hydrogens is 322 g/mol. The molecule has 0 saturated carbocycles. The fourth-order valence-corrected chi connectivity index (χ4v) is 2.93. The van der Waals surface area contributed by atoms with Crippen molar-refractivity contribution in [3.63, 3.8) is 0 Å². The van der Waals surface area contributed by atoms with Gasteiger partial charge in [0.2, 0.25) is 5.91 Å². The van der Waals surface area contributed by atoms with Crippen molar-refractivity contribution in [2.45, 2.75) is 38.1 Å². The Labute approximate surface area is 126 Å². The molecule has 20 heavy (non-hydrogen) atoms. The summed E-state index contributed by atoms with van der Waals surface area (Å²) in [6.07, 6.45) is 1.25. The topological polar surface area (TPSA) is 57.6 Å². The van der Waals surface area contributed by atoms with Crippen LogP contribution in [0.3, 0.4) is 0 Å². The minimum atomic E-state index is -1.07. The third-order valence-corrected chi connectivity index (χ3v) is 4.64. The Kier molecular flexibility index (Phi) is 4.18. The smallest absolute Gasteiger partial charge is 0.329 e. The zero-order chi connectivity index (χ0) is 14.9. The van der Waals surface area contributed by atoms with Crippen molar-refractivity contribution < 1.29 is 14.7 Å². The fourth-order valence-electron chi connectivity index (χ4n) is 2.67. The van der Waals surface area contributed by atoms with Gasteiger partial charge in [-0.05, 0) is 44.4 Å². The first kappa shape index (κ1) is 15.0. The maximum absolute atomic E-state index is 12.6. The third kappa shape index (κ3) is 2.59. The number of nitrogens with zero attached hydrogens (tertiary/aromatic N) is 1. The molecule has 1 aromatic carbocycles. The summed E-state index contributed by atoms with van der Waals surface area (Å²) in [4.78, 5) is 25.6. The second kappa shape index (κ2) is 5.56. The Morgan fingerprint density at radius 3 is 2.50 bits per heavy atom. The molecule has 0 bridgehead atoms. The standard InChI is InChI=1S/C15H18BrNO3/c1-10(11-4-6-12(16)7-5-11)13(18)17-9-3-8-15(17,2)14(19)20/h4-7,10H,3,8-9H2,1-2H3,(H,19,20). The summed E-state index contributed by atoms with van der Waals surface area (Å²) in [5, 5.41) is 9.38. The van der Waals surface area contributed by atoms with E-state index in [9.17, 15) is 14.7 Å². The second-order valence-electron chi connectivity index (χ2n) is 5.45. The monoisotopic (exact) mass is 339 g/mol. The lowest BCUT2D eigenvalue weighted by Crippen LogP contribution is -2.51. The molecule has 1 heterocycles. The van der Waals surface area contributed by atoms with E-state index in [1.807, 2.05) is 31.2 Å². The number of amides is 1. The molecule has 0 radical (unpaired) electrons. The van der Waals surface area contributed by atoms with Gasteiger partial charge in [-0.3, -0.25) is 4.79 Å². The largest absolute Gasteiger partial charge is 0.480 e. The van der Waals surface area contributed by atoms with E-state index in [4.69, 9.17) is 0 Å². The minimum absolute atomic E-state index is 0.116. The predicted octanol–water partition coefficient (Wildman–Crippen LogP) is 3.02. The molecule has 1 aromatic rings. The number of rotatable bonds is 3. The maximum Gasteiger partial charge on any atom is 0.329 e. The molecule has 0 spiro atoms. The average molecular weight is 340 g/mol. The highest BCUT2D eigenvalue weighted by atomic mass is 79.9. The van der Waals surface area contributed by atoms with Crippen LogP contribution in [0.25, 0.3) is 0 Å². The second-order valence-corrected chi connectivity index (χ2v) is 6.36. The SMILES string of the molecule is CC(C(=O)N1CCCC1(C)C(=O)O)c1ccc(Br)cc1. The Morgan fingerprint density at radius 1 is 1.35 bits per heavy atom. The summed E-state index contributed by atoms with van der Waals surface area (Å²) in [6.45, 7) is 3.98. The van der Waals surface area contributed by atoms with Crippen molar-refractivity contribution in [1.29, 1.82) is 0 Å². The number of halogens is 1. The van der Waals surface area contributed by atoms with Crippen molar-refractivity contribution in [2.24, 2.45) is 0 Å². The lowest BCUT2D eigenvalue weighted by Gasteiger charge is -2.33. The Bertz CT molecular complexity index is 528. The van der Waals surface area contributed by atoms with Crippen LogP contribution < -0.4 is 0 Å². The van der Waals surface area contributed by atoms with Crippen molar-refractivity contribution in [1.82, 2.24) is 4.90 Å². The lowest BCUT2D eigenvalue weighted by molar-refractivity contribution is -0.155. The van der Waals surface area contributed by atoms with Gasteiger partial charge in [0.05, 0.1) is 5.92 Å². The van der Waals surface area contributed by atoms with E-state index < -0.39 is 11.5 Å². The summed E-state index contributed by atoms with van der Waals surface area (Å²) < 4.78 is 0.956. The van der Waals surface area contributed by atoms with Crippen LogP contribution in [0.15, 0.2) is 28.7 Å². The Morgan fingerprint density at radius 2 is 1.95 bits per heavy atom. The van der Waals surface area contributed by atoms with E-state index in [1.165, 1.54) is 4.90 Å². The minimum Gasteiger partial charge on any atom is -0.480 e. The van der Waals surface area contributed by atoms with Crippen LogP contribution in [-0.4, -0.2) is 34.0 Å². The first-order valence-electron chi connectivity index (χ1n) is 6.66. The van der Waals surface area contributed by atoms with Gasteiger partial charge >= 0.3 is 5.97 Å². The van der Waals surface area contributed by atoms with Gasteiger partial charge in [-0.15, -0.1) is 0 Å². The molecule has 108 valence electrons. The normalized spacial score (nSPS) is 23.6. The van der Waals surface area contributed by atoms with Crippen LogP contribution in [0.4, 0.5) is 0 Å². The van der Waals surface area contributed by atoms with E-state index in [1.54, 1.807) is 6.92 Å². The van der Waals surface area contributed by atoms with Gasteiger partial charge in [0.25, 0.3) is 0 Å². The van der Waals surface area contributed by atoms with Crippen LogP contribution in [0.1, 0.15) is 38.2 Å². The Hall–Kier alpha value is -1.36. The fraction of sp³-hybridized carbons (Fsp3) is 0.467. The first-order valence-corrected chi connectivity index (χ1v) is 7.46. The molecule has 1 aliphatic rings. The van der Waals surface area contributed by atoms with Crippen LogP contribution >= 0.6 is 15.9 Å². The van der Waals surface area contributed by atoms with Gasteiger partial charge in [-0.1, -0.05) is 28.1 Å². The van der Waals surface area contributed by atoms with E-state index in [2.05, 4.69) is 15.9 Å². The van der Waals surface area contributed by atoms with Crippen molar-refractivity contribution in [3.8, 4) is 0 Å². The molecule has 2 unspecified atom stereocenters. The van der Waals surface area contributed by atoms with Gasteiger partial charge < -0.3 is 10.0 Å². The van der Waals surface area contributed by atoms with E-state index in [0.717, 1.165) is 16.5 Å². The molecule has 1 aliphatic heterocycles. The predicted molar refractivity (Wildman–Crippen MR) is 79.5 cm³/mol. The molecule has 1 saturated heterocycles.